The lowest BCUT2D eigenvalue weighted by atomic mass is 10.1. The molecule has 0 unspecified atom stereocenters. The monoisotopic (exact) mass is 401 g/mol. The second-order valence-electron chi connectivity index (χ2n) is 6.17. The molecule has 1 N–H and O–H groups in total. The molecule has 148 valence electrons. The Bertz CT molecular complexity index is 1200. The predicted octanol–water partition coefficient (Wildman–Crippen LogP) is 5.75. The SMILES string of the molecule is COc1cc2c(cc1NC(=O)c1ccc(OC(F)(F)F)cc1)oc1ccccc12. The zero-order valence-electron chi connectivity index (χ0n) is 15.0. The number of hydrogen-bond acceptors (Lipinski definition) is 4. The summed E-state index contributed by atoms with van der Waals surface area (Å²) < 4.78 is 51.8. The standard InChI is InChI=1S/C21H14F3NO4/c1-27-19-10-15-14-4-2-3-5-17(14)28-18(15)11-16(19)25-20(26)12-6-8-13(9-7-12)29-21(22,23)24/h2-11H,1H3,(H,25,26). The molecule has 0 fully saturated rings. The minimum atomic E-state index is -4.79. The van der Waals surface area contributed by atoms with E-state index >= 15 is 0 Å². The highest BCUT2D eigenvalue weighted by atomic mass is 19.4. The Labute approximate surface area is 162 Å². The number of anilines is 1. The summed E-state index contributed by atoms with van der Waals surface area (Å²) in [6, 6.07) is 15.5. The van der Waals surface area contributed by atoms with Crippen molar-refractivity contribution in [1.29, 1.82) is 0 Å². The molecule has 0 spiro atoms. The summed E-state index contributed by atoms with van der Waals surface area (Å²) in [5, 5.41) is 4.45. The third kappa shape index (κ3) is 3.82. The Morgan fingerprint density at radius 2 is 1.69 bits per heavy atom. The number of ether oxygens (including phenoxy) is 2. The van der Waals surface area contributed by atoms with Crippen molar-refractivity contribution in [2.45, 2.75) is 6.36 Å². The van der Waals surface area contributed by atoms with Crippen molar-refractivity contribution in [2.24, 2.45) is 0 Å². The summed E-state index contributed by atoms with van der Waals surface area (Å²) in [6.07, 6.45) is -4.79. The minimum Gasteiger partial charge on any atom is -0.495 e. The molecular weight excluding hydrogens is 387 g/mol. The zero-order valence-corrected chi connectivity index (χ0v) is 15.0. The van der Waals surface area contributed by atoms with E-state index < -0.39 is 18.0 Å². The summed E-state index contributed by atoms with van der Waals surface area (Å²) >= 11 is 0. The average Bonchev–Trinajstić information content (AvgIpc) is 3.04. The van der Waals surface area contributed by atoms with Gasteiger partial charge in [-0.15, -0.1) is 13.2 Å². The van der Waals surface area contributed by atoms with Gasteiger partial charge >= 0.3 is 6.36 Å². The van der Waals surface area contributed by atoms with Crippen molar-refractivity contribution in [3.63, 3.8) is 0 Å². The molecule has 4 rings (SSSR count). The summed E-state index contributed by atoms with van der Waals surface area (Å²) in [7, 11) is 1.47. The summed E-state index contributed by atoms with van der Waals surface area (Å²) in [4.78, 5) is 12.5. The van der Waals surface area contributed by atoms with E-state index in [1.54, 1.807) is 12.1 Å². The van der Waals surface area contributed by atoms with E-state index in [-0.39, 0.29) is 5.56 Å². The largest absolute Gasteiger partial charge is 0.573 e. The highest BCUT2D eigenvalue weighted by molar-refractivity contribution is 6.10. The van der Waals surface area contributed by atoms with Crippen LogP contribution in [0.3, 0.4) is 0 Å². The van der Waals surface area contributed by atoms with Crippen LogP contribution in [-0.4, -0.2) is 19.4 Å². The van der Waals surface area contributed by atoms with Crippen LogP contribution in [0.2, 0.25) is 0 Å². The third-order valence-corrected chi connectivity index (χ3v) is 4.30. The molecule has 0 saturated heterocycles. The van der Waals surface area contributed by atoms with Crippen LogP contribution in [0.4, 0.5) is 18.9 Å². The zero-order chi connectivity index (χ0) is 20.6. The Morgan fingerprint density at radius 1 is 0.966 bits per heavy atom. The first-order valence-electron chi connectivity index (χ1n) is 8.50. The van der Waals surface area contributed by atoms with Crippen molar-refractivity contribution < 1.29 is 31.9 Å². The molecule has 4 aromatic rings. The fourth-order valence-electron chi connectivity index (χ4n) is 3.02. The summed E-state index contributed by atoms with van der Waals surface area (Å²) in [6.45, 7) is 0. The van der Waals surface area contributed by atoms with Crippen molar-refractivity contribution >= 4 is 33.5 Å². The third-order valence-electron chi connectivity index (χ3n) is 4.30. The topological polar surface area (TPSA) is 60.7 Å². The number of alkyl halides is 3. The number of nitrogens with one attached hydrogen (secondary N) is 1. The van der Waals surface area contributed by atoms with Gasteiger partial charge in [0.05, 0.1) is 12.8 Å². The number of carbonyl (C=O) groups is 1. The number of benzene rings is 3. The molecule has 5 nitrogen and oxygen atoms in total. The maximum absolute atomic E-state index is 12.5. The van der Waals surface area contributed by atoms with Crippen molar-refractivity contribution in [1.82, 2.24) is 0 Å². The fourth-order valence-corrected chi connectivity index (χ4v) is 3.02. The maximum Gasteiger partial charge on any atom is 0.573 e. The van der Waals surface area contributed by atoms with Gasteiger partial charge in [0, 0.05) is 22.4 Å². The quantitative estimate of drug-likeness (QED) is 0.473. The molecule has 0 aliphatic heterocycles. The van der Waals surface area contributed by atoms with Gasteiger partial charge in [0.15, 0.2) is 0 Å². The molecule has 29 heavy (non-hydrogen) atoms. The molecule has 0 aliphatic rings. The molecule has 0 aliphatic carbocycles. The summed E-state index contributed by atoms with van der Waals surface area (Å²) in [5.41, 5.74) is 1.80. The van der Waals surface area contributed by atoms with Crippen molar-refractivity contribution in [3.05, 3.63) is 66.2 Å². The molecule has 0 radical (unpaired) electrons. The first kappa shape index (κ1) is 18.7. The van der Waals surface area contributed by atoms with E-state index in [1.807, 2.05) is 24.3 Å². The van der Waals surface area contributed by atoms with Gasteiger partial charge in [0.1, 0.15) is 22.7 Å². The van der Waals surface area contributed by atoms with Crippen LogP contribution in [-0.2, 0) is 0 Å². The van der Waals surface area contributed by atoms with Crippen LogP contribution in [0, 0.1) is 0 Å². The van der Waals surface area contributed by atoms with E-state index in [2.05, 4.69) is 10.1 Å². The van der Waals surface area contributed by atoms with Crippen LogP contribution < -0.4 is 14.8 Å². The smallest absolute Gasteiger partial charge is 0.495 e. The van der Waals surface area contributed by atoms with Crippen LogP contribution in [0.1, 0.15) is 10.4 Å². The number of halogens is 3. The van der Waals surface area contributed by atoms with Crippen LogP contribution >= 0.6 is 0 Å². The lowest BCUT2D eigenvalue weighted by Crippen LogP contribution is -2.17. The lowest BCUT2D eigenvalue weighted by molar-refractivity contribution is -0.274. The van der Waals surface area contributed by atoms with Gasteiger partial charge in [0.2, 0.25) is 0 Å². The van der Waals surface area contributed by atoms with Gasteiger partial charge in [-0.25, -0.2) is 0 Å². The normalized spacial score (nSPS) is 11.6. The average molecular weight is 401 g/mol. The Kier molecular flexibility index (Phi) is 4.54. The molecule has 1 heterocycles. The molecule has 1 amide bonds. The first-order valence-corrected chi connectivity index (χ1v) is 8.50. The Morgan fingerprint density at radius 3 is 2.38 bits per heavy atom. The molecule has 0 atom stereocenters. The van der Waals surface area contributed by atoms with Gasteiger partial charge in [-0.05, 0) is 36.4 Å². The Balaban J connectivity index is 1.62. The van der Waals surface area contributed by atoms with Gasteiger partial charge in [-0.1, -0.05) is 18.2 Å². The molecule has 3 aromatic carbocycles. The van der Waals surface area contributed by atoms with Gasteiger partial charge in [-0.2, -0.15) is 0 Å². The Hall–Kier alpha value is -3.68. The van der Waals surface area contributed by atoms with E-state index in [4.69, 9.17) is 9.15 Å². The lowest BCUT2D eigenvalue weighted by Gasteiger charge is -2.11. The second kappa shape index (κ2) is 7.05. The predicted molar refractivity (Wildman–Crippen MR) is 101 cm³/mol. The maximum atomic E-state index is 12.5. The number of carbonyl (C=O) groups excluding carboxylic acids is 1. The molecular formula is C21H14F3NO4. The molecule has 0 bridgehead atoms. The van der Waals surface area contributed by atoms with Crippen molar-refractivity contribution in [3.8, 4) is 11.5 Å². The van der Waals surface area contributed by atoms with Crippen LogP contribution in [0.25, 0.3) is 21.9 Å². The van der Waals surface area contributed by atoms with Gasteiger partial charge in [-0.3, -0.25) is 4.79 Å². The summed E-state index contributed by atoms with van der Waals surface area (Å²) in [5.74, 6) is -0.498. The van der Waals surface area contributed by atoms with Gasteiger partial charge < -0.3 is 19.2 Å². The van der Waals surface area contributed by atoms with E-state index in [9.17, 15) is 18.0 Å². The number of amides is 1. The van der Waals surface area contributed by atoms with Crippen LogP contribution in [0.15, 0.2) is 65.1 Å². The number of hydrogen-bond donors (Lipinski definition) is 1. The minimum absolute atomic E-state index is 0.159. The molecule has 8 heteroatoms. The van der Waals surface area contributed by atoms with E-state index in [0.29, 0.717) is 22.6 Å². The fraction of sp³-hybridized carbons (Fsp3) is 0.0952. The first-order chi connectivity index (χ1) is 13.8. The number of furan rings is 1. The van der Waals surface area contributed by atoms with Gasteiger partial charge in [0.25, 0.3) is 5.91 Å². The van der Waals surface area contributed by atoms with Crippen molar-refractivity contribution in [2.75, 3.05) is 12.4 Å². The molecule has 1 aromatic heterocycles. The second-order valence-corrected chi connectivity index (χ2v) is 6.17. The van der Waals surface area contributed by atoms with E-state index in [0.717, 1.165) is 22.9 Å². The van der Waals surface area contributed by atoms with Crippen LogP contribution in [0.5, 0.6) is 11.5 Å². The molecule has 0 saturated carbocycles. The number of fused-ring (bicyclic) bond motifs is 3. The highest BCUT2D eigenvalue weighted by Crippen LogP contribution is 2.36. The number of rotatable bonds is 4. The number of para-hydroxylation sites is 1. The number of methoxy groups -OCH3 is 1. The highest BCUT2D eigenvalue weighted by Gasteiger charge is 2.31. The van der Waals surface area contributed by atoms with E-state index in [1.165, 1.54) is 19.2 Å².